The highest BCUT2D eigenvalue weighted by Crippen LogP contribution is 2.42. The number of likely N-dealkylation sites (N-methyl/N-ethyl adjacent to an activating group) is 1. The molecule has 0 aliphatic carbocycles. The van der Waals surface area contributed by atoms with E-state index in [0.29, 0.717) is 11.4 Å². The number of rotatable bonds is 4. The lowest BCUT2D eigenvalue weighted by molar-refractivity contribution is 0.0692. The number of carboxylic acid groups (broad SMARTS) is 1. The van der Waals surface area contributed by atoms with E-state index in [2.05, 4.69) is 0 Å². The Morgan fingerprint density at radius 1 is 1.15 bits per heavy atom. The summed E-state index contributed by atoms with van der Waals surface area (Å²) in [5, 5.41) is 19.3. The minimum Gasteiger partial charge on any atom is -0.478 e. The lowest BCUT2D eigenvalue weighted by Crippen LogP contribution is -2.43. The van der Waals surface area contributed by atoms with Crippen LogP contribution in [0.25, 0.3) is 11.1 Å². The van der Waals surface area contributed by atoms with Gasteiger partial charge in [-0.1, -0.05) is 35.9 Å². The first-order chi connectivity index (χ1) is 15.6. The minimum absolute atomic E-state index is 0.0644. The Kier molecular flexibility index (Phi) is 6.15. The molecule has 0 amide bonds. The van der Waals surface area contributed by atoms with Crippen molar-refractivity contribution in [3.63, 3.8) is 0 Å². The van der Waals surface area contributed by atoms with Crippen LogP contribution in [-0.4, -0.2) is 55.1 Å². The summed E-state index contributed by atoms with van der Waals surface area (Å²) in [5.74, 6) is -2.36. The third-order valence-corrected chi connectivity index (χ3v) is 7.94. The highest BCUT2D eigenvalue weighted by Gasteiger charge is 2.37. The lowest BCUT2D eigenvalue weighted by Gasteiger charge is -2.28. The molecule has 1 atom stereocenters. The van der Waals surface area contributed by atoms with Gasteiger partial charge in [-0.15, -0.1) is 0 Å². The van der Waals surface area contributed by atoms with Crippen LogP contribution in [0.15, 0.2) is 65.6 Å². The highest BCUT2D eigenvalue weighted by molar-refractivity contribution is 7.89. The molecule has 172 valence electrons. The van der Waals surface area contributed by atoms with E-state index in [9.17, 15) is 27.8 Å². The van der Waals surface area contributed by atoms with Gasteiger partial charge in [0.25, 0.3) is 0 Å². The molecule has 0 saturated heterocycles. The van der Waals surface area contributed by atoms with Gasteiger partial charge >= 0.3 is 5.97 Å². The topological polar surface area (TPSA) is 98.2 Å². The molecule has 0 spiro atoms. The zero-order chi connectivity index (χ0) is 23.9. The van der Waals surface area contributed by atoms with Crippen LogP contribution in [0.4, 0.5) is 15.8 Å². The first kappa shape index (κ1) is 23.2. The zero-order valence-electron chi connectivity index (χ0n) is 17.4. The number of sulfonamides is 1. The van der Waals surface area contributed by atoms with E-state index in [1.807, 2.05) is 30.3 Å². The molecule has 0 saturated carbocycles. The fraction of sp³-hybridized carbons (Fsp3) is 0.174. The van der Waals surface area contributed by atoms with Crippen LogP contribution in [0.3, 0.4) is 0 Å². The smallest absolute Gasteiger partial charge is 0.338 e. The van der Waals surface area contributed by atoms with Crippen molar-refractivity contribution in [2.45, 2.75) is 10.9 Å². The molecule has 3 aromatic rings. The number of carbonyl (C=O) groups is 1. The maximum atomic E-state index is 13.9. The standard InChI is InChI=1S/C23H20ClFN2O5S/c1-26-16(13-28)12-27(15-5-3-2-4-6-15)21-11-19(24)17(10-22(21)33(26,31)32)14-7-8-20(25)18(9-14)23(29)30/h2-11,16,28H,12-13H2,1H3,(H,29,30)/t16-/m0/s1. The summed E-state index contributed by atoms with van der Waals surface area (Å²) in [6, 6.07) is 14.7. The predicted molar refractivity (Wildman–Crippen MR) is 123 cm³/mol. The predicted octanol–water partition coefficient (Wildman–Crippen LogP) is 3.98. The number of anilines is 2. The summed E-state index contributed by atoms with van der Waals surface area (Å²) in [6.07, 6.45) is 0. The van der Waals surface area contributed by atoms with E-state index < -0.39 is 40.0 Å². The number of benzene rings is 3. The number of aliphatic hydroxyl groups excluding tert-OH is 1. The molecule has 1 heterocycles. The summed E-state index contributed by atoms with van der Waals surface area (Å²) >= 11 is 6.55. The van der Waals surface area contributed by atoms with Gasteiger partial charge in [0.1, 0.15) is 10.7 Å². The van der Waals surface area contributed by atoms with Gasteiger partial charge in [0.05, 0.1) is 28.9 Å². The normalized spacial score (nSPS) is 17.9. The third-order valence-electron chi connectivity index (χ3n) is 5.69. The van der Waals surface area contributed by atoms with Crippen molar-refractivity contribution in [2.24, 2.45) is 0 Å². The van der Waals surface area contributed by atoms with Crippen molar-refractivity contribution in [1.29, 1.82) is 0 Å². The number of para-hydroxylation sites is 1. The van der Waals surface area contributed by atoms with E-state index in [-0.39, 0.29) is 27.6 Å². The molecular formula is C23H20ClFN2O5S. The Bertz CT molecular complexity index is 1330. The maximum absolute atomic E-state index is 13.9. The van der Waals surface area contributed by atoms with Crippen LogP contribution < -0.4 is 4.90 Å². The van der Waals surface area contributed by atoms with E-state index in [0.717, 1.165) is 16.4 Å². The van der Waals surface area contributed by atoms with E-state index in [1.165, 1.54) is 25.2 Å². The molecule has 2 N–H and O–H groups in total. The molecule has 1 aliphatic heterocycles. The summed E-state index contributed by atoms with van der Waals surface area (Å²) in [4.78, 5) is 13.1. The van der Waals surface area contributed by atoms with Gasteiger partial charge in [-0.25, -0.2) is 17.6 Å². The van der Waals surface area contributed by atoms with Crippen LogP contribution >= 0.6 is 11.6 Å². The quantitative estimate of drug-likeness (QED) is 0.574. The number of hydrogen-bond acceptors (Lipinski definition) is 5. The summed E-state index contributed by atoms with van der Waals surface area (Å²) in [7, 11) is -2.67. The molecule has 33 heavy (non-hydrogen) atoms. The summed E-state index contributed by atoms with van der Waals surface area (Å²) < 4.78 is 42.0. The van der Waals surface area contributed by atoms with Crippen molar-refractivity contribution in [3.05, 3.63) is 77.1 Å². The number of halogens is 2. The van der Waals surface area contributed by atoms with Crippen LogP contribution in [-0.2, 0) is 10.0 Å². The van der Waals surface area contributed by atoms with Crippen LogP contribution in [0.5, 0.6) is 0 Å². The fourth-order valence-corrected chi connectivity index (χ4v) is 5.64. The van der Waals surface area contributed by atoms with Crippen LogP contribution in [0.2, 0.25) is 5.02 Å². The Labute approximate surface area is 195 Å². The average Bonchev–Trinajstić information content (AvgIpc) is 2.87. The fourth-order valence-electron chi connectivity index (χ4n) is 3.84. The monoisotopic (exact) mass is 490 g/mol. The van der Waals surface area contributed by atoms with Crippen molar-refractivity contribution in [1.82, 2.24) is 4.31 Å². The summed E-state index contributed by atoms with van der Waals surface area (Å²) in [6.45, 7) is -0.216. The van der Waals surface area contributed by atoms with E-state index >= 15 is 0 Å². The van der Waals surface area contributed by atoms with Gasteiger partial charge in [0.15, 0.2) is 0 Å². The van der Waals surface area contributed by atoms with Gasteiger partial charge in [0, 0.05) is 24.8 Å². The molecule has 0 unspecified atom stereocenters. The maximum Gasteiger partial charge on any atom is 0.338 e. The second-order valence-corrected chi connectivity index (χ2v) is 9.98. The molecule has 7 nitrogen and oxygen atoms in total. The van der Waals surface area contributed by atoms with Gasteiger partial charge in [-0.05, 0) is 42.0 Å². The highest BCUT2D eigenvalue weighted by atomic mass is 35.5. The van der Waals surface area contributed by atoms with Gasteiger partial charge in [-0.3, -0.25) is 0 Å². The number of hydrogen-bond donors (Lipinski definition) is 2. The Morgan fingerprint density at radius 3 is 2.48 bits per heavy atom. The van der Waals surface area contributed by atoms with Gasteiger partial charge in [0.2, 0.25) is 10.0 Å². The number of fused-ring (bicyclic) bond motifs is 1. The molecule has 1 aliphatic rings. The minimum atomic E-state index is -4.06. The number of aromatic carboxylic acids is 1. The zero-order valence-corrected chi connectivity index (χ0v) is 19.0. The third kappa shape index (κ3) is 4.08. The molecule has 0 aromatic heterocycles. The molecule has 4 rings (SSSR count). The Hall–Kier alpha value is -2.98. The van der Waals surface area contributed by atoms with E-state index in [1.54, 1.807) is 4.90 Å². The first-order valence-electron chi connectivity index (χ1n) is 9.93. The molecule has 10 heteroatoms. The average molecular weight is 491 g/mol. The SMILES string of the molecule is CN1[C@H](CO)CN(c2ccccc2)c2cc(Cl)c(-c3ccc(F)c(C(=O)O)c3)cc2S1(=O)=O. The molecule has 0 bridgehead atoms. The Morgan fingerprint density at radius 2 is 1.85 bits per heavy atom. The number of carboxylic acids is 1. The van der Waals surface area contributed by atoms with Crippen molar-refractivity contribution in [2.75, 3.05) is 25.1 Å². The molecule has 0 radical (unpaired) electrons. The first-order valence-corrected chi connectivity index (χ1v) is 11.7. The van der Waals surface area contributed by atoms with Crippen molar-refractivity contribution < 1.29 is 27.8 Å². The largest absolute Gasteiger partial charge is 0.478 e. The van der Waals surface area contributed by atoms with Crippen LogP contribution in [0.1, 0.15) is 10.4 Å². The lowest BCUT2D eigenvalue weighted by atomic mass is 10.0. The van der Waals surface area contributed by atoms with Crippen molar-refractivity contribution >= 4 is 39.0 Å². The Balaban J connectivity index is 1.98. The van der Waals surface area contributed by atoms with E-state index in [4.69, 9.17) is 11.6 Å². The summed E-state index contributed by atoms with van der Waals surface area (Å²) in [5.41, 5.74) is 0.976. The number of nitrogens with zero attached hydrogens (tertiary/aromatic N) is 2. The van der Waals surface area contributed by atoms with Gasteiger partial charge < -0.3 is 15.1 Å². The van der Waals surface area contributed by atoms with Crippen molar-refractivity contribution in [3.8, 4) is 11.1 Å². The van der Waals surface area contributed by atoms with Gasteiger partial charge in [-0.2, -0.15) is 4.31 Å². The van der Waals surface area contributed by atoms with Crippen LogP contribution in [0, 0.1) is 5.82 Å². The second kappa shape index (κ2) is 8.75. The molecular weight excluding hydrogens is 471 g/mol. The second-order valence-electron chi connectivity index (χ2n) is 7.60. The molecule has 3 aromatic carbocycles. The molecule has 0 fully saturated rings. The number of aliphatic hydroxyl groups is 1.